The van der Waals surface area contributed by atoms with E-state index >= 15 is 4.39 Å². The van der Waals surface area contributed by atoms with E-state index in [1.807, 2.05) is 37.5 Å². The maximum absolute atomic E-state index is 15.1. The quantitative estimate of drug-likeness (QED) is 0.531. The number of phenols is 1. The molecule has 3 heterocycles. The highest BCUT2D eigenvalue weighted by Gasteiger charge is 2.22. The average Bonchev–Trinajstić information content (AvgIpc) is 3.05. The summed E-state index contributed by atoms with van der Waals surface area (Å²) in [6.07, 6.45) is 1.88. The van der Waals surface area contributed by atoms with Crippen molar-refractivity contribution in [2.45, 2.75) is 25.9 Å². The van der Waals surface area contributed by atoms with Gasteiger partial charge >= 0.3 is 0 Å². The molecular formula is C23H24FN5O. The van der Waals surface area contributed by atoms with Crippen molar-refractivity contribution in [1.29, 1.82) is 0 Å². The molecule has 2 N–H and O–H groups in total. The lowest BCUT2D eigenvalue weighted by molar-refractivity contribution is 0.407. The van der Waals surface area contributed by atoms with E-state index < -0.39 is 0 Å². The first-order chi connectivity index (χ1) is 14.4. The minimum absolute atomic E-state index is 0.0777. The first kappa shape index (κ1) is 18.8. The van der Waals surface area contributed by atoms with Crippen LogP contribution in [0.4, 0.5) is 10.1 Å². The van der Waals surface area contributed by atoms with Gasteiger partial charge in [0, 0.05) is 66.5 Å². The van der Waals surface area contributed by atoms with Crippen LogP contribution < -0.4 is 10.2 Å². The van der Waals surface area contributed by atoms with Gasteiger partial charge in [-0.2, -0.15) is 5.10 Å². The molecular weight excluding hydrogens is 381 g/mol. The van der Waals surface area contributed by atoms with Gasteiger partial charge in [-0.25, -0.2) is 9.37 Å². The molecule has 0 radical (unpaired) electrons. The number of nitrogens with one attached hydrogen (secondary N) is 1. The molecule has 1 fully saturated rings. The van der Waals surface area contributed by atoms with Crippen molar-refractivity contribution in [2.75, 3.05) is 18.0 Å². The number of hydrogen-bond acceptors (Lipinski definition) is 5. The van der Waals surface area contributed by atoms with Gasteiger partial charge in [0.2, 0.25) is 0 Å². The fourth-order valence-electron chi connectivity index (χ4n) is 4.44. The Labute approximate surface area is 173 Å². The second kappa shape index (κ2) is 6.95. The van der Waals surface area contributed by atoms with Crippen molar-refractivity contribution in [2.24, 2.45) is 7.05 Å². The second-order valence-corrected chi connectivity index (χ2v) is 8.30. The molecule has 5 rings (SSSR count). The summed E-state index contributed by atoms with van der Waals surface area (Å²) in [5, 5.41) is 19.9. The Hall–Kier alpha value is -3.19. The summed E-state index contributed by atoms with van der Waals surface area (Å²) in [6.45, 7) is 5.94. The topological polar surface area (TPSA) is 66.2 Å². The summed E-state index contributed by atoms with van der Waals surface area (Å²) in [5.41, 5.74) is 2.97. The lowest BCUT2D eigenvalue weighted by Crippen LogP contribution is -2.54. The standard InChI is InChI=1S/C23H24FN5O/c1-13-10-29(11-14(2)25-13)17-6-15-4-5-20(26-23(15)19(24)8-17)18-7-16-12-28(3)27-21(16)9-22(18)30/h4-9,12-14,25,30H,10-11H2,1-3H3/t13-,14-/m0/s1. The SMILES string of the molecule is C[C@H]1CN(c2cc(F)c3nc(-c4cc5cn(C)nc5cc4O)ccc3c2)C[C@H](C)N1. The molecule has 0 spiro atoms. The summed E-state index contributed by atoms with van der Waals surface area (Å²) in [6, 6.07) is 11.4. The number of piperazine rings is 1. The van der Waals surface area contributed by atoms with Gasteiger partial charge in [-0.15, -0.1) is 0 Å². The van der Waals surface area contributed by atoms with Crippen LogP contribution >= 0.6 is 0 Å². The van der Waals surface area contributed by atoms with Crippen LogP contribution in [0, 0.1) is 5.82 Å². The van der Waals surface area contributed by atoms with Gasteiger partial charge in [-0.1, -0.05) is 6.07 Å². The Morgan fingerprint density at radius 3 is 2.60 bits per heavy atom. The third-order valence-corrected chi connectivity index (χ3v) is 5.67. The van der Waals surface area contributed by atoms with Crippen molar-refractivity contribution < 1.29 is 9.50 Å². The molecule has 4 aromatic rings. The normalized spacial score (nSPS) is 19.7. The zero-order valence-corrected chi connectivity index (χ0v) is 17.2. The van der Waals surface area contributed by atoms with E-state index in [2.05, 4.69) is 34.1 Å². The first-order valence-corrected chi connectivity index (χ1v) is 10.2. The number of fused-ring (bicyclic) bond motifs is 2. The second-order valence-electron chi connectivity index (χ2n) is 8.30. The smallest absolute Gasteiger partial charge is 0.151 e. The molecule has 0 aliphatic carbocycles. The van der Waals surface area contributed by atoms with Crippen molar-refractivity contribution >= 4 is 27.5 Å². The molecule has 2 atom stereocenters. The van der Waals surface area contributed by atoms with Crippen LogP contribution in [0.5, 0.6) is 5.75 Å². The largest absolute Gasteiger partial charge is 0.507 e. The van der Waals surface area contributed by atoms with Crippen LogP contribution in [0.1, 0.15) is 13.8 Å². The van der Waals surface area contributed by atoms with Gasteiger partial charge in [0.25, 0.3) is 0 Å². The number of pyridine rings is 1. The highest BCUT2D eigenvalue weighted by molar-refractivity contribution is 5.90. The van der Waals surface area contributed by atoms with Crippen LogP contribution in [-0.2, 0) is 7.05 Å². The van der Waals surface area contributed by atoms with Gasteiger partial charge in [0.1, 0.15) is 11.3 Å². The Morgan fingerprint density at radius 1 is 1.07 bits per heavy atom. The maximum atomic E-state index is 15.1. The van der Waals surface area contributed by atoms with Crippen LogP contribution in [0.25, 0.3) is 33.1 Å². The summed E-state index contributed by atoms with van der Waals surface area (Å²) in [4.78, 5) is 6.76. The monoisotopic (exact) mass is 405 g/mol. The number of halogens is 1. The zero-order valence-electron chi connectivity index (χ0n) is 17.2. The zero-order chi connectivity index (χ0) is 21.0. The van der Waals surface area contributed by atoms with Crippen LogP contribution in [-0.4, -0.2) is 45.0 Å². The number of aromatic hydroxyl groups is 1. The van der Waals surface area contributed by atoms with Crippen molar-refractivity contribution in [1.82, 2.24) is 20.1 Å². The highest BCUT2D eigenvalue weighted by Crippen LogP contribution is 2.34. The third kappa shape index (κ3) is 3.25. The molecule has 1 aliphatic heterocycles. The van der Waals surface area contributed by atoms with Gasteiger partial charge in [0.15, 0.2) is 5.82 Å². The highest BCUT2D eigenvalue weighted by atomic mass is 19.1. The van der Waals surface area contributed by atoms with Gasteiger partial charge < -0.3 is 15.3 Å². The molecule has 2 aromatic heterocycles. The predicted octanol–water partition coefficient (Wildman–Crippen LogP) is 3.82. The Balaban J connectivity index is 1.57. The summed E-state index contributed by atoms with van der Waals surface area (Å²) in [5.74, 6) is -0.279. The lowest BCUT2D eigenvalue weighted by atomic mass is 10.1. The predicted molar refractivity (Wildman–Crippen MR) is 117 cm³/mol. The summed E-state index contributed by atoms with van der Waals surface area (Å²) in [7, 11) is 1.83. The number of benzene rings is 2. The van der Waals surface area contributed by atoms with E-state index in [0.717, 1.165) is 29.5 Å². The number of nitrogens with zero attached hydrogens (tertiary/aromatic N) is 4. The van der Waals surface area contributed by atoms with Crippen molar-refractivity contribution in [3.05, 3.63) is 48.4 Å². The van der Waals surface area contributed by atoms with Crippen LogP contribution in [0.3, 0.4) is 0 Å². The molecule has 30 heavy (non-hydrogen) atoms. The number of phenolic OH excluding ortho intramolecular Hbond substituents is 1. The average molecular weight is 405 g/mol. The fraction of sp³-hybridized carbons (Fsp3) is 0.304. The molecule has 2 aromatic carbocycles. The summed E-state index contributed by atoms with van der Waals surface area (Å²) >= 11 is 0. The molecule has 0 amide bonds. The van der Waals surface area contributed by atoms with Gasteiger partial charge in [-0.05, 0) is 38.1 Å². The van der Waals surface area contributed by atoms with E-state index in [9.17, 15) is 5.11 Å². The minimum atomic E-state index is -0.356. The minimum Gasteiger partial charge on any atom is -0.507 e. The molecule has 0 bridgehead atoms. The Kier molecular flexibility index (Phi) is 4.36. The molecule has 0 unspecified atom stereocenters. The first-order valence-electron chi connectivity index (χ1n) is 10.2. The molecule has 6 nitrogen and oxygen atoms in total. The number of aryl methyl sites for hydroxylation is 1. The fourth-order valence-corrected chi connectivity index (χ4v) is 4.44. The third-order valence-electron chi connectivity index (χ3n) is 5.67. The van der Waals surface area contributed by atoms with Crippen molar-refractivity contribution in [3.63, 3.8) is 0 Å². The summed E-state index contributed by atoms with van der Waals surface area (Å²) < 4.78 is 16.8. The lowest BCUT2D eigenvalue weighted by Gasteiger charge is -2.37. The van der Waals surface area contributed by atoms with E-state index in [1.165, 1.54) is 0 Å². The molecule has 1 saturated heterocycles. The van der Waals surface area contributed by atoms with E-state index in [0.29, 0.717) is 34.4 Å². The van der Waals surface area contributed by atoms with Crippen LogP contribution in [0.15, 0.2) is 42.6 Å². The maximum Gasteiger partial charge on any atom is 0.151 e. The Morgan fingerprint density at radius 2 is 1.83 bits per heavy atom. The molecule has 0 saturated carbocycles. The molecule has 1 aliphatic rings. The van der Waals surface area contributed by atoms with E-state index in [-0.39, 0.29) is 11.6 Å². The Bertz CT molecular complexity index is 1260. The van der Waals surface area contributed by atoms with Gasteiger partial charge in [0.05, 0.1) is 11.2 Å². The van der Waals surface area contributed by atoms with Gasteiger partial charge in [-0.3, -0.25) is 4.68 Å². The number of aromatic nitrogens is 3. The number of hydrogen-bond donors (Lipinski definition) is 2. The molecule has 154 valence electrons. The van der Waals surface area contributed by atoms with E-state index in [4.69, 9.17) is 0 Å². The van der Waals surface area contributed by atoms with Crippen molar-refractivity contribution in [3.8, 4) is 17.0 Å². The van der Waals surface area contributed by atoms with E-state index in [1.54, 1.807) is 16.8 Å². The molecule has 7 heteroatoms. The number of anilines is 1. The van der Waals surface area contributed by atoms with Crippen LogP contribution in [0.2, 0.25) is 0 Å². The number of rotatable bonds is 2.